The molecular formula is C20H18ClN3O10. The third-order valence-electron chi connectivity index (χ3n) is 6.89. The molecule has 0 aliphatic heterocycles. The van der Waals surface area contributed by atoms with Crippen molar-refractivity contribution < 1.29 is 44.8 Å². The van der Waals surface area contributed by atoms with E-state index in [0.29, 0.717) is 0 Å². The Balaban J connectivity index is 2.10. The number of aromatic hydroxyl groups is 1. The molecule has 1 aromatic rings. The monoisotopic (exact) mass is 495 g/mol. The van der Waals surface area contributed by atoms with Crippen LogP contribution in [-0.2, 0) is 20.0 Å². The van der Waals surface area contributed by atoms with Crippen LogP contribution >= 0.6 is 11.6 Å². The summed E-state index contributed by atoms with van der Waals surface area (Å²) in [5, 5.41) is 65.7. The number of carbonyl (C=O) groups is 3. The molecule has 13 nitrogen and oxygen atoms in total. The van der Waals surface area contributed by atoms with Crippen molar-refractivity contribution in [2.45, 2.75) is 31.0 Å². The number of nitrogens with zero attached hydrogens (tertiary/aromatic N) is 1. The van der Waals surface area contributed by atoms with E-state index >= 15 is 0 Å². The fraction of sp³-hybridized carbons (Fsp3) is 0.350. The smallest absolute Gasteiger partial charge is 0.297 e. The zero-order chi connectivity index (χ0) is 25.7. The number of halogens is 1. The van der Waals surface area contributed by atoms with Crippen LogP contribution in [0.5, 0.6) is 5.75 Å². The first-order chi connectivity index (χ1) is 15.6. The molecule has 9 N–H and O–H groups in total. The van der Waals surface area contributed by atoms with Gasteiger partial charge in [-0.1, -0.05) is 11.6 Å². The predicted octanol–water partition coefficient (Wildman–Crippen LogP) is 0.233. The van der Waals surface area contributed by atoms with E-state index in [1.165, 1.54) is 0 Å². The number of hydrogen-bond acceptors (Lipinski definition) is 11. The van der Waals surface area contributed by atoms with Crippen LogP contribution in [0.25, 0.3) is 5.76 Å². The second-order valence-corrected chi connectivity index (χ2v) is 9.02. The quantitative estimate of drug-likeness (QED) is 0.0960. The maximum absolute atomic E-state index is 13.5. The summed E-state index contributed by atoms with van der Waals surface area (Å²) in [5.74, 6) is -9.91. The number of primary amides is 1. The highest BCUT2D eigenvalue weighted by Gasteiger charge is 2.64. The first-order valence-corrected chi connectivity index (χ1v) is 10.2. The number of ketones is 2. The highest BCUT2D eigenvalue weighted by molar-refractivity contribution is 6.36. The third kappa shape index (κ3) is 2.59. The van der Waals surface area contributed by atoms with Gasteiger partial charge in [0.1, 0.15) is 33.4 Å². The van der Waals surface area contributed by atoms with Gasteiger partial charge in [-0.15, -0.1) is 0 Å². The van der Waals surface area contributed by atoms with E-state index in [4.69, 9.17) is 23.1 Å². The summed E-state index contributed by atoms with van der Waals surface area (Å²) in [6.45, 7) is 1.06. The number of rotatable bonds is 2. The minimum absolute atomic E-state index is 0.449. The lowest BCUT2D eigenvalue weighted by Crippen LogP contribution is -2.60. The van der Waals surface area contributed by atoms with Crippen molar-refractivity contribution in [2.75, 3.05) is 5.73 Å². The number of fused-ring (bicyclic) bond motifs is 3. The van der Waals surface area contributed by atoms with Crippen molar-refractivity contribution in [3.63, 3.8) is 0 Å². The summed E-state index contributed by atoms with van der Waals surface area (Å²) < 4.78 is 0. The Kier molecular flexibility index (Phi) is 4.77. The summed E-state index contributed by atoms with van der Waals surface area (Å²) in [5.41, 5.74) is 0.833. The summed E-state index contributed by atoms with van der Waals surface area (Å²) >= 11 is 5.96. The number of amides is 1. The number of anilines is 1. The number of hydrogen-bond donors (Lipinski definition) is 7. The van der Waals surface area contributed by atoms with Crippen LogP contribution < -0.4 is 11.5 Å². The van der Waals surface area contributed by atoms with E-state index in [9.17, 15) is 50.0 Å². The van der Waals surface area contributed by atoms with Gasteiger partial charge in [-0.25, -0.2) is 0 Å². The second kappa shape index (κ2) is 6.91. The largest absolute Gasteiger partial charge is 0.508 e. The van der Waals surface area contributed by atoms with Crippen LogP contribution in [0.4, 0.5) is 11.4 Å². The Morgan fingerprint density at radius 3 is 2.35 bits per heavy atom. The summed E-state index contributed by atoms with van der Waals surface area (Å²) in [4.78, 5) is 48.3. The van der Waals surface area contributed by atoms with E-state index in [-0.39, 0.29) is 0 Å². The molecule has 0 bridgehead atoms. The number of phenolic OH excluding ortho intramolecular Hbond substituents is 1. The van der Waals surface area contributed by atoms with Gasteiger partial charge in [0.15, 0.2) is 17.1 Å². The number of carbonyl (C=O) groups excluding carboxylic acids is 3. The van der Waals surface area contributed by atoms with Gasteiger partial charge in [0.25, 0.3) is 11.6 Å². The molecular weight excluding hydrogens is 478 g/mol. The molecule has 0 aromatic heterocycles. The number of Topliss-reactive ketones (excluding diaryl/α,β-unsaturated/α-hetero) is 2. The molecule has 1 fully saturated rings. The predicted molar refractivity (Wildman–Crippen MR) is 113 cm³/mol. The summed E-state index contributed by atoms with van der Waals surface area (Å²) in [6, 6.07) is 0. The Morgan fingerprint density at radius 2 is 1.82 bits per heavy atom. The first kappa shape index (κ1) is 23.5. The van der Waals surface area contributed by atoms with E-state index < -0.39 is 114 Å². The van der Waals surface area contributed by atoms with E-state index in [2.05, 4.69) is 0 Å². The molecule has 4 atom stereocenters. The molecule has 0 saturated heterocycles. The standard InChI is InChI=1S/C20H18ClN3O10/c1-19(31)5-2-4-3-6(25)8(18(23)30)17(29)20(4,32)16(28)7(5)14(26)9-10(19)13(24(33)34)11(21)12(22)15(9)27/h4-5,26-27,29,31-32H,2-3,22H2,1H3,(H2,23,30)/t4-,5-,19?,20-/m0/s1. The zero-order valence-corrected chi connectivity index (χ0v) is 18.1. The number of benzene rings is 1. The molecule has 0 heterocycles. The first-order valence-electron chi connectivity index (χ1n) is 9.78. The average molecular weight is 496 g/mol. The molecule has 1 saturated carbocycles. The second-order valence-electron chi connectivity index (χ2n) is 8.64. The molecule has 1 unspecified atom stereocenters. The summed E-state index contributed by atoms with van der Waals surface area (Å²) in [7, 11) is 0. The van der Waals surface area contributed by atoms with Gasteiger partial charge in [-0.3, -0.25) is 24.5 Å². The van der Waals surface area contributed by atoms with Gasteiger partial charge in [-0.2, -0.15) is 0 Å². The zero-order valence-electron chi connectivity index (χ0n) is 17.3. The van der Waals surface area contributed by atoms with Gasteiger partial charge >= 0.3 is 0 Å². The number of aliphatic hydroxyl groups excluding tert-OH is 2. The van der Waals surface area contributed by atoms with Crippen LogP contribution in [0, 0.1) is 22.0 Å². The molecule has 1 aromatic carbocycles. The van der Waals surface area contributed by atoms with Crippen molar-refractivity contribution in [3.05, 3.63) is 43.2 Å². The number of nitro groups is 1. The Hall–Kier alpha value is -3.68. The fourth-order valence-electron chi connectivity index (χ4n) is 5.26. The molecule has 1 amide bonds. The average Bonchev–Trinajstić information content (AvgIpc) is 2.72. The van der Waals surface area contributed by atoms with Gasteiger partial charge in [0, 0.05) is 23.8 Å². The Morgan fingerprint density at radius 1 is 1.24 bits per heavy atom. The maximum atomic E-state index is 13.5. The maximum Gasteiger partial charge on any atom is 0.297 e. The fourth-order valence-corrected chi connectivity index (χ4v) is 5.51. The lowest BCUT2D eigenvalue weighted by molar-refractivity contribution is -0.386. The normalized spacial score (nSPS) is 30.6. The molecule has 3 aliphatic rings. The Bertz CT molecular complexity index is 1310. The number of phenols is 1. The lowest BCUT2D eigenvalue weighted by atomic mass is 9.55. The lowest BCUT2D eigenvalue weighted by Gasteiger charge is -2.50. The van der Waals surface area contributed by atoms with Gasteiger partial charge in [0.05, 0.1) is 16.1 Å². The van der Waals surface area contributed by atoms with E-state index in [1.54, 1.807) is 0 Å². The third-order valence-corrected chi connectivity index (χ3v) is 7.27. The molecule has 0 radical (unpaired) electrons. The van der Waals surface area contributed by atoms with Gasteiger partial charge in [0.2, 0.25) is 5.78 Å². The molecule has 14 heteroatoms. The minimum atomic E-state index is -2.87. The number of aliphatic hydroxyl groups is 4. The van der Waals surface area contributed by atoms with Crippen LogP contribution in [0.2, 0.25) is 5.02 Å². The van der Waals surface area contributed by atoms with Crippen molar-refractivity contribution >= 4 is 46.2 Å². The molecule has 0 spiro atoms. The SMILES string of the molecule is CC1(O)c2c(c(O)c(N)c(Cl)c2[N+](=O)[O-])C(O)=C2C(=O)[C@]3(O)C(O)=C(C(N)=O)C(=O)C[C@@H]3C[C@@H]21. The minimum Gasteiger partial charge on any atom is -0.508 e. The summed E-state index contributed by atoms with van der Waals surface area (Å²) in [6.07, 6.45) is -1.08. The van der Waals surface area contributed by atoms with Crippen molar-refractivity contribution in [1.82, 2.24) is 0 Å². The van der Waals surface area contributed by atoms with E-state index in [1.807, 2.05) is 0 Å². The van der Waals surface area contributed by atoms with Gasteiger partial charge < -0.3 is 37.0 Å². The van der Waals surface area contributed by atoms with Gasteiger partial charge in [-0.05, 0) is 13.3 Å². The molecule has 3 aliphatic carbocycles. The van der Waals surface area contributed by atoms with E-state index in [0.717, 1.165) is 6.92 Å². The number of nitrogen functional groups attached to an aromatic ring is 1. The van der Waals surface area contributed by atoms with Crippen molar-refractivity contribution in [3.8, 4) is 5.75 Å². The van der Waals surface area contributed by atoms with Crippen LogP contribution in [0.1, 0.15) is 30.9 Å². The van der Waals surface area contributed by atoms with Crippen molar-refractivity contribution in [2.24, 2.45) is 17.6 Å². The highest BCUT2D eigenvalue weighted by Crippen LogP contribution is 2.60. The highest BCUT2D eigenvalue weighted by atomic mass is 35.5. The molecule has 4 rings (SSSR count). The number of nitro benzene ring substituents is 1. The van der Waals surface area contributed by atoms with Crippen LogP contribution in [-0.4, -0.2) is 53.5 Å². The van der Waals surface area contributed by atoms with Crippen LogP contribution in [0.3, 0.4) is 0 Å². The molecule has 180 valence electrons. The topological polar surface area (TPSA) is 248 Å². The van der Waals surface area contributed by atoms with Crippen LogP contribution in [0.15, 0.2) is 16.9 Å². The van der Waals surface area contributed by atoms with Crippen molar-refractivity contribution in [1.29, 1.82) is 0 Å². The molecule has 34 heavy (non-hydrogen) atoms. The number of nitrogens with two attached hydrogens (primary N) is 2. The Labute approximate surface area is 194 Å².